The van der Waals surface area contributed by atoms with Crippen molar-refractivity contribution >= 4 is 28.6 Å². The topological polar surface area (TPSA) is 45.1 Å². The van der Waals surface area contributed by atoms with Crippen molar-refractivity contribution in [2.75, 3.05) is 0 Å². The lowest BCUT2D eigenvalue weighted by molar-refractivity contribution is -0.0203. The lowest BCUT2D eigenvalue weighted by atomic mass is 9.97. The SMILES string of the molecule is Oc1ccc(Cl)cc1[C@H]1Oc2ccccc2[C@H]2CC(c3cccs3)=NN21. The summed E-state index contributed by atoms with van der Waals surface area (Å²) in [4.78, 5) is 1.16. The molecule has 0 amide bonds. The standard InChI is InChI=1S/C20H15ClN2O2S/c21-12-7-8-17(24)14(10-12)20-23-16(13-4-1-2-5-18(13)25-20)11-15(22-23)19-6-3-9-26-19/h1-10,16,20,24H,11H2/t16-,20-/m1/s1. The Labute approximate surface area is 159 Å². The number of halogens is 1. The number of benzene rings is 2. The fourth-order valence-electron chi connectivity index (χ4n) is 3.55. The quantitative estimate of drug-likeness (QED) is 0.649. The average molecular weight is 383 g/mol. The summed E-state index contributed by atoms with van der Waals surface area (Å²) < 4.78 is 6.24. The molecule has 130 valence electrons. The summed E-state index contributed by atoms with van der Waals surface area (Å²) in [6.07, 6.45) is 0.282. The maximum absolute atomic E-state index is 10.4. The number of thiophene rings is 1. The summed E-state index contributed by atoms with van der Waals surface area (Å²) in [6.45, 7) is 0. The molecule has 0 spiro atoms. The maximum Gasteiger partial charge on any atom is 0.217 e. The maximum atomic E-state index is 10.4. The third kappa shape index (κ3) is 2.47. The first-order valence-corrected chi connectivity index (χ1v) is 9.60. The van der Waals surface area contributed by atoms with Crippen LogP contribution < -0.4 is 4.74 Å². The molecule has 0 saturated carbocycles. The number of para-hydroxylation sites is 1. The smallest absolute Gasteiger partial charge is 0.217 e. The van der Waals surface area contributed by atoms with Crippen LogP contribution in [0.4, 0.5) is 0 Å². The van der Waals surface area contributed by atoms with Crippen LogP contribution in [0.25, 0.3) is 0 Å². The second-order valence-electron chi connectivity index (χ2n) is 6.34. The molecule has 4 nitrogen and oxygen atoms in total. The highest BCUT2D eigenvalue weighted by atomic mass is 35.5. The van der Waals surface area contributed by atoms with Gasteiger partial charge in [0.2, 0.25) is 6.23 Å². The van der Waals surface area contributed by atoms with Crippen LogP contribution in [0.5, 0.6) is 11.5 Å². The van der Waals surface area contributed by atoms with Crippen molar-refractivity contribution in [2.45, 2.75) is 18.7 Å². The Morgan fingerprint density at radius 1 is 1.12 bits per heavy atom. The van der Waals surface area contributed by atoms with Crippen LogP contribution >= 0.6 is 22.9 Å². The van der Waals surface area contributed by atoms with Crippen LogP contribution in [0.3, 0.4) is 0 Å². The summed E-state index contributed by atoms with van der Waals surface area (Å²) >= 11 is 7.85. The Bertz CT molecular complexity index is 1000. The highest BCUT2D eigenvalue weighted by molar-refractivity contribution is 7.12. The summed E-state index contributed by atoms with van der Waals surface area (Å²) in [7, 11) is 0. The molecule has 0 bridgehead atoms. The van der Waals surface area contributed by atoms with Gasteiger partial charge in [-0.2, -0.15) is 5.10 Å². The predicted molar refractivity (Wildman–Crippen MR) is 103 cm³/mol. The van der Waals surface area contributed by atoms with E-state index in [1.165, 1.54) is 0 Å². The summed E-state index contributed by atoms with van der Waals surface area (Å²) in [6, 6.07) is 17.2. The zero-order chi connectivity index (χ0) is 17.7. The van der Waals surface area contributed by atoms with Gasteiger partial charge >= 0.3 is 0 Å². The molecule has 5 rings (SSSR count). The van der Waals surface area contributed by atoms with Gasteiger partial charge < -0.3 is 9.84 Å². The van der Waals surface area contributed by atoms with Crippen molar-refractivity contribution in [1.29, 1.82) is 0 Å². The Balaban J connectivity index is 1.64. The van der Waals surface area contributed by atoms with E-state index in [4.69, 9.17) is 21.4 Å². The number of ether oxygens (including phenoxy) is 1. The van der Waals surface area contributed by atoms with Gasteiger partial charge in [-0.15, -0.1) is 11.3 Å². The monoisotopic (exact) mass is 382 g/mol. The number of aromatic hydroxyl groups is 1. The van der Waals surface area contributed by atoms with Gasteiger partial charge in [0.1, 0.15) is 11.5 Å². The number of phenols is 1. The molecule has 26 heavy (non-hydrogen) atoms. The van der Waals surface area contributed by atoms with E-state index < -0.39 is 6.23 Å². The van der Waals surface area contributed by atoms with E-state index in [1.807, 2.05) is 29.3 Å². The van der Waals surface area contributed by atoms with Gasteiger partial charge in [0, 0.05) is 17.0 Å². The first-order chi connectivity index (χ1) is 12.7. The zero-order valence-electron chi connectivity index (χ0n) is 13.7. The molecule has 1 N–H and O–H groups in total. The van der Waals surface area contributed by atoms with Gasteiger partial charge in [-0.3, -0.25) is 0 Å². The number of nitrogens with zero attached hydrogens (tertiary/aromatic N) is 2. The van der Waals surface area contributed by atoms with Crippen LogP contribution in [0.2, 0.25) is 5.02 Å². The Kier molecular flexibility index (Phi) is 3.65. The van der Waals surface area contributed by atoms with E-state index in [2.05, 4.69) is 17.5 Å². The minimum absolute atomic E-state index is 0.0698. The first kappa shape index (κ1) is 15.7. The molecule has 2 aliphatic heterocycles. The minimum Gasteiger partial charge on any atom is -0.507 e. The Hall–Kier alpha value is -2.50. The molecule has 3 heterocycles. The molecule has 0 unspecified atom stereocenters. The molecule has 1 aromatic heterocycles. The van der Waals surface area contributed by atoms with Gasteiger partial charge in [-0.25, -0.2) is 5.01 Å². The van der Waals surface area contributed by atoms with E-state index in [9.17, 15) is 5.11 Å². The molecule has 3 aromatic rings. The molecule has 0 aliphatic carbocycles. The van der Waals surface area contributed by atoms with Crippen molar-refractivity contribution in [3.63, 3.8) is 0 Å². The van der Waals surface area contributed by atoms with Gasteiger partial charge in [0.25, 0.3) is 0 Å². The number of rotatable bonds is 2. The normalized spacial score (nSPS) is 21.0. The summed E-state index contributed by atoms with van der Waals surface area (Å²) in [5.74, 6) is 0.970. The van der Waals surface area contributed by atoms with Crippen molar-refractivity contribution in [3.05, 3.63) is 81.0 Å². The van der Waals surface area contributed by atoms with Gasteiger partial charge in [0.15, 0.2) is 0 Å². The van der Waals surface area contributed by atoms with Gasteiger partial charge in [-0.1, -0.05) is 35.9 Å². The van der Waals surface area contributed by atoms with Gasteiger partial charge in [-0.05, 0) is 35.7 Å². The van der Waals surface area contributed by atoms with Crippen molar-refractivity contribution in [1.82, 2.24) is 5.01 Å². The molecular weight excluding hydrogens is 368 g/mol. The molecule has 0 radical (unpaired) electrons. The number of fused-ring (bicyclic) bond motifs is 3. The lowest BCUT2D eigenvalue weighted by Crippen LogP contribution is -2.33. The Morgan fingerprint density at radius 3 is 2.85 bits per heavy atom. The third-order valence-electron chi connectivity index (χ3n) is 4.76. The van der Waals surface area contributed by atoms with E-state index in [-0.39, 0.29) is 11.8 Å². The zero-order valence-corrected chi connectivity index (χ0v) is 15.2. The average Bonchev–Trinajstić information content (AvgIpc) is 3.32. The molecule has 0 saturated heterocycles. The number of hydrazone groups is 1. The van der Waals surface area contributed by atoms with Crippen LogP contribution in [-0.2, 0) is 0 Å². The van der Waals surface area contributed by atoms with Crippen LogP contribution in [-0.4, -0.2) is 15.8 Å². The second kappa shape index (κ2) is 6.04. The van der Waals surface area contributed by atoms with E-state index in [0.29, 0.717) is 10.6 Å². The molecule has 2 atom stereocenters. The fraction of sp³-hybridized carbons (Fsp3) is 0.150. The first-order valence-electron chi connectivity index (χ1n) is 8.34. The molecule has 2 aromatic carbocycles. The Morgan fingerprint density at radius 2 is 2.00 bits per heavy atom. The molecular formula is C20H15ClN2O2S. The van der Waals surface area contributed by atoms with E-state index in [0.717, 1.165) is 28.3 Å². The minimum atomic E-state index is -0.522. The van der Waals surface area contributed by atoms with Gasteiger partial charge in [0.05, 0.1) is 22.2 Å². The largest absolute Gasteiger partial charge is 0.507 e. The van der Waals surface area contributed by atoms with Crippen LogP contribution in [0.15, 0.2) is 65.1 Å². The van der Waals surface area contributed by atoms with Crippen molar-refractivity contribution in [2.24, 2.45) is 5.10 Å². The van der Waals surface area contributed by atoms with Crippen LogP contribution in [0, 0.1) is 0 Å². The molecule has 0 fully saturated rings. The van der Waals surface area contributed by atoms with Crippen molar-refractivity contribution in [3.8, 4) is 11.5 Å². The number of phenolic OH excluding ortho intramolecular Hbond substituents is 1. The highest BCUT2D eigenvalue weighted by Gasteiger charge is 2.41. The predicted octanol–water partition coefficient (Wildman–Crippen LogP) is 5.35. The molecule has 2 aliphatic rings. The third-order valence-corrected chi connectivity index (χ3v) is 5.91. The lowest BCUT2D eigenvalue weighted by Gasteiger charge is -2.38. The van der Waals surface area contributed by atoms with Crippen LogP contribution in [0.1, 0.15) is 34.7 Å². The number of hydrogen-bond acceptors (Lipinski definition) is 5. The van der Waals surface area contributed by atoms with Crippen molar-refractivity contribution < 1.29 is 9.84 Å². The summed E-state index contributed by atoms with van der Waals surface area (Å²) in [5, 5.41) is 19.8. The van der Waals surface area contributed by atoms with E-state index in [1.54, 1.807) is 29.5 Å². The second-order valence-corrected chi connectivity index (χ2v) is 7.72. The number of hydrogen-bond donors (Lipinski definition) is 1. The van der Waals surface area contributed by atoms with E-state index >= 15 is 0 Å². The fourth-order valence-corrected chi connectivity index (χ4v) is 4.46. The summed E-state index contributed by atoms with van der Waals surface area (Å²) in [5.41, 5.74) is 2.77. The highest BCUT2D eigenvalue weighted by Crippen LogP contribution is 2.49. The molecule has 6 heteroatoms.